The van der Waals surface area contributed by atoms with E-state index in [0.29, 0.717) is 6.42 Å². The predicted octanol–water partition coefficient (Wildman–Crippen LogP) is 2.27. The average Bonchev–Trinajstić information content (AvgIpc) is 2.38. The fraction of sp³-hybridized carbons (Fsp3) is 0.533. The van der Waals surface area contributed by atoms with Gasteiger partial charge in [-0.3, -0.25) is 4.79 Å². The fourth-order valence-electron chi connectivity index (χ4n) is 1.94. The fourth-order valence-corrected chi connectivity index (χ4v) is 1.94. The summed E-state index contributed by atoms with van der Waals surface area (Å²) in [6, 6.07) is 8.34. The van der Waals surface area contributed by atoms with Gasteiger partial charge in [0, 0.05) is 19.3 Å². The number of anilines is 1. The van der Waals surface area contributed by atoms with Crippen LogP contribution in [-0.2, 0) is 4.79 Å². The molecule has 0 spiro atoms. The largest absolute Gasteiger partial charge is 0.480 e. The molecule has 0 aliphatic heterocycles. The van der Waals surface area contributed by atoms with Crippen LogP contribution < -0.4 is 10.2 Å². The van der Waals surface area contributed by atoms with Crippen molar-refractivity contribution in [1.82, 2.24) is 5.32 Å². The van der Waals surface area contributed by atoms with Crippen molar-refractivity contribution in [2.45, 2.75) is 32.2 Å². The minimum atomic E-state index is -0.839. The van der Waals surface area contributed by atoms with Crippen LogP contribution in [0.3, 0.4) is 0 Å². The van der Waals surface area contributed by atoms with Gasteiger partial charge < -0.3 is 15.3 Å². The maximum Gasteiger partial charge on any atom is 0.323 e. The Bertz CT molecular complexity index is 417. The summed E-state index contributed by atoms with van der Waals surface area (Å²) < 4.78 is 0. The lowest BCUT2D eigenvalue weighted by atomic mass is 9.96. The Morgan fingerprint density at radius 1 is 1.37 bits per heavy atom. The van der Waals surface area contributed by atoms with Crippen molar-refractivity contribution in [3.05, 3.63) is 29.8 Å². The van der Waals surface area contributed by atoms with Crippen LogP contribution in [-0.4, -0.2) is 37.3 Å². The van der Waals surface area contributed by atoms with Gasteiger partial charge in [0.25, 0.3) is 0 Å². The van der Waals surface area contributed by atoms with Gasteiger partial charge in [0.1, 0.15) is 5.54 Å². The SMILES string of the molecule is CNC(C)(CCCN(C)c1ccc(C)cc1)C(=O)O. The third-order valence-corrected chi connectivity index (χ3v) is 3.67. The molecule has 0 aliphatic carbocycles. The molecule has 1 aromatic rings. The van der Waals surface area contributed by atoms with Crippen LogP contribution in [0.1, 0.15) is 25.3 Å². The molecule has 106 valence electrons. The Kier molecular flexibility index (Phi) is 5.36. The van der Waals surface area contributed by atoms with Gasteiger partial charge in [-0.2, -0.15) is 0 Å². The van der Waals surface area contributed by atoms with Crippen molar-refractivity contribution in [3.8, 4) is 0 Å². The van der Waals surface area contributed by atoms with E-state index in [1.807, 2.05) is 7.05 Å². The minimum absolute atomic E-state index is 0.606. The topological polar surface area (TPSA) is 52.6 Å². The first-order valence-electron chi connectivity index (χ1n) is 6.59. The number of hydrogen-bond donors (Lipinski definition) is 2. The number of aliphatic carboxylic acids is 1. The molecule has 0 saturated carbocycles. The van der Waals surface area contributed by atoms with E-state index in [1.54, 1.807) is 14.0 Å². The molecule has 0 bridgehead atoms. The maximum atomic E-state index is 11.2. The number of nitrogens with zero attached hydrogens (tertiary/aromatic N) is 1. The van der Waals surface area contributed by atoms with Crippen LogP contribution >= 0.6 is 0 Å². The Balaban J connectivity index is 2.49. The molecule has 0 radical (unpaired) electrons. The van der Waals surface area contributed by atoms with Crippen LogP contribution in [0.2, 0.25) is 0 Å². The number of aryl methyl sites for hydroxylation is 1. The molecule has 2 N–H and O–H groups in total. The molecule has 1 rings (SSSR count). The van der Waals surface area contributed by atoms with E-state index < -0.39 is 11.5 Å². The highest BCUT2D eigenvalue weighted by molar-refractivity contribution is 5.78. The zero-order chi connectivity index (χ0) is 14.5. The van der Waals surface area contributed by atoms with E-state index in [4.69, 9.17) is 5.11 Å². The smallest absolute Gasteiger partial charge is 0.323 e. The second kappa shape index (κ2) is 6.57. The second-order valence-corrected chi connectivity index (χ2v) is 5.25. The van der Waals surface area contributed by atoms with Crippen LogP contribution in [0.25, 0.3) is 0 Å². The lowest BCUT2D eigenvalue weighted by Crippen LogP contribution is -2.47. The minimum Gasteiger partial charge on any atom is -0.480 e. The molecule has 0 amide bonds. The van der Waals surface area contributed by atoms with Gasteiger partial charge in [-0.25, -0.2) is 0 Å². The number of carboxylic acids is 1. The molecule has 4 heteroatoms. The van der Waals surface area contributed by atoms with E-state index >= 15 is 0 Å². The van der Waals surface area contributed by atoms with Crippen molar-refractivity contribution in [2.24, 2.45) is 0 Å². The van der Waals surface area contributed by atoms with E-state index in [-0.39, 0.29) is 0 Å². The van der Waals surface area contributed by atoms with E-state index in [1.165, 1.54) is 5.56 Å². The highest BCUT2D eigenvalue weighted by Gasteiger charge is 2.30. The number of carbonyl (C=O) groups is 1. The van der Waals surface area contributed by atoms with E-state index in [9.17, 15) is 4.79 Å². The number of benzene rings is 1. The number of likely N-dealkylation sites (N-methyl/N-ethyl adjacent to an activating group) is 1. The van der Waals surface area contributed by atoms with Gasteiger partial charge in [-0.1, -0.05) is 17.7 Å². The highest BCUT2D eigenvalue weighted by atomic mass is 16.4. The Hall–Kier alpha value is -1.55. The molecule has 0 aromatic heterocycles. The van der Waals surface area contributed by atoms with Crippen molar-refractivity contribution in [2.75, 3.05) is 25.5 Å². The zero-order valence-corrected chi connectivity index (χ0v) is 12.2. The third kappa shape index (κ3) is 4.24. The molecular formula is C15H24N2O2. The third-order valence-electron chi connectivity index (χ3n) is 3.67. The van der Waals surface area contributed by atoms with Crippen LogP contribution in [0.15, 0.2) is 24.3 Å². The molecule has 0 aliphatic rings. The van der Waals surface area contributed by atoms with Gasteiger partial charge in [0.15, 0.2) is 0 Å². The summed E-state index contributed by atoms with van der Waals surface area (Å²) in [5.74, 6) is -0.798. The molecule has 19 heavy (non-hydrogen) atoms. The lowest BCUT2D eigenvalue weighted by molar-refractivity contribution is -0.144. The van der Waals surface area contributed by atoms with Crippen molar-refractivity contribution in [3.63, 3.8) is 0 Å². The van der Waals surface area contributed by atoms with Crippen molar-refractivity contribution >= 4 is 11.7 Å². The molecule has 4 nitrogen and oxygen atoms in total. The summed E-state index contributed by atoms with van der Waals surface area (Å²) in [7, 11) is 3.72. The first-order valence-corrected chi connectivity index (χ1v) is 6.59. The van der Waals surface area contributed by atoms with Gasteiger partial charge in [-0.15, -0.1) is 0 Å². The Morgan fingerprint density at radius 3 is 2.42 bits per heavy atom. The summed E-state index contributed by atoms with van der Waals surface area (Å²) in [5.41, 5.74) is 1.56. The van der Waals surface area contributed by atoms with Crippen molar-refractivity contribution < 1.29 is 9.90 Å². The molecule has 0 fully saturated rings. The normalized spacial score (nSPS) is 13.9. The van der Waals surface area contributed by atoms with Crippen molar-refractivity contribution in [1.29, 1.82) is 0 Å². The van der Waals surface area contributed by atoms with Gasteiger partial charge in [0.2, 0.25) is 0 Å². The summed E-state index contributed by atoms with van der Waals surface area (Å²) in [4.78, 5) is 13.3. The standard InChI is InChI=1S/C15H24N2O2/c1-12-6-8-13(9-7-12)17(4)11-5-10-15(2,16-3)14(18)19/h6-9,16H,5,10-11H2,1-4H3,(H,18,19). The van der Waals surface area contributed by atoms with Crippen LogP contribution in [0.5, 0.6) is 0 Å². The van der Waals surface area contributed by atoms with E-state index in [2.05, 4.69) is 41.4 Å². The molecule has 1 atom stereocenters. The number of nitrogens with one attached hydrogen (secondary N) is 1. The monoisotopic (exact) mass is 264 g/mol. The summed E-state index contributed by atoms with van der Waals surface area (Å²) in [6.07, 6.45) is 1.43. The Labute approximate surface area is 115 Å². The first kappa shape index (κ1) is 15.5. The molecule has 1 unspecified atom stereocenters. The maximum absolute atomic E-state index is 11.2. The molecule has 0 saturated heterocycles. The molecule has 1 aromatic carbocycles. The number of carboxylic acid groups (broad SMARTS) is 1. The van der Waals surface area contributed by atoms with E-state index in [0.717, 1.165) is 18.7 Å². The Morgan fingerprint density at radius 2 is 1.95 bits per heavy atom. The predicted molar refractivity (Wildman–Crippen MR) is 78.8 cm³/mol. The number of rotatable bonds is 7. The quantitative estimate of drug-likeness (QED) is 0.793. The average molecular weight is 264 g/mol. The van der Waals surface area contributed by atoms with Gasteiger partial charge in [-0.05, 0) is 45.9 Å². The number of hydrogen-bond acceptors (Lipinski definition) is 3. The lowest BCUT2D eigenvalue weighted by Gasteiger charge is -2.26. The van der Waals surface area contributed by atoms with Crippen LogP contribution in [0.4, 0.5) is 5.69 Å². The molecular weight excluding hydrogens is 240 g/mol. The van der Waals surface area contributed by atoms with Gasteiger partial charge >= 0.3 is 5.97 Å². The van der Waals surface area contributed by atoms with Gasteiger partial charge in [0.05, 0.1) is 0 Å². The highest BCUT2D eigenvalue weighted by Crippen LogP contribution is 2.16. The van der Waals surface area contributed by atoms with Crippen LogP contribution in [0, 0.1) is 6.92 Å². The summed E-state index contributed by atoms with van der Waals surface area (Å²) in [6.45, 7) is 4.63. The summed E-state index contributed by atoms with van der Waals surface area (Å²) in [5, 5.41) is 12.0. The summed E-state index contributed by atoms with van der Waals surface area (Å²) >= 11 is 0. The first-order chi connectivity index (χ1) is 8.89. The molecule has 0 heterocycles. The zero-order valence-electron chi connectivity index (χ0n) is 12.2. The second-order valence-electron chi connectivity index (χ2n) is 5.25.